The molecule has 96 valence electrons. The van der Waals surface area contributed by atoms with Gasteiger partial charge in [-0.1, -0.05) is 12.1 Å². The number of rotatable bonds is 3. The molecule has 0 aromatic heterocycles. The van der Waals surface area contributed by atoms with Crippen molar-refractivity contribution in [3.8, 4) is 5.75 Å². The SMILES string of the molecule is Cc1cc(N=Nc2cccc(B(O)O)c2)ccc1O. The number of phenolic OH excluding ortho intramolecular Hbond substituents is 1. The second kappa shape index (κ2) is 5.64. The van der Waals surface area contributed by atoms with Gasteiger partial charge in [0.2, 0.25) is 0 Å². The predicted octanol–water partition coefficient (Wildman–Crippen LogP) is 1.80. The lowest BCUT2D eigenvalue weighted by Crippen LogP contribution is -2.29. The molecule has 5 nitrogen and oxygen atoms in total. The van der Waals surface area contributed by atoms with Crippen molar-refractivity contribution >= 4 is 24.0 Å². The maximum Gasteiger partial charge on any atom is 0.488 e. The molecule has 0 spiro atoms. The largest absolute Gasteiger partial charge is 0.508 e. The van der Waals surface area contributed by atoms with Crippen molar-refractivity contribution in [2.24, 2.45) is 10.2 Å². The summed E-state index contributed by atoms with van der Waals surface area (Å²) in [4.78, 5) is 0. The van der Waals surface area contributed by atoms with Crippen molar-refractivity contribution in [2.75, 3.05) is 0 Å². The van der Waals surface area contributed by atoms with Crippen LogP contribution in [0.15, 0.2) is 52.7 Å². The van der Waals surface area contributed by atoms with Gasteiger partial charge < -0.3 is 15.2 Å². The molecule has 0 unspecified atom stereocenters. The Morgan fingerprint density at radius 1 is 0.947 bits per heavy atom. The Kier molecular flexibility index (Phi) is 3.94. The van der Waals surface area contributed by atoms with Crippen LogP contribution in [0.2, 0.25) is 0 Å². The van der Waals surface area contributed by atoms with Crippen LogP contribution >= 0.6 is 0 Å². The lowest BCUT2D eigenvalue weighted by atomic mass is 9.80. The van der Waals surface area contributed by atoms with Crippen LogP contribution in [0.25, 0.3) is 0 Å². The van der Waals surface area contributed by atoms with Crippen LogP contribution in [0.1, 0.15) is 5.56 Å². The van der Waals surface area contributed by atoms with Crippen LogP contribution in [0.3, 0.4) is 0 Å². The van der Waals surface area contributed by atoms with E-state index < -0.39 is 7.12 Å². The highest BCUT2D eigenvalue weighted by Crippen LogP contribution is 2.23. The molecule has 0 radical (unpaired) electrons. The number of aromatic hydroxyl groups is 1. The van der Waals surface area contributed by atoms with Crippen LogP contribution in [-0.2, 0) is 0 Å². The first kappa shape index (κ1) is 13.3. The summed E-state index contributed by atoms with van der Waals surface area (Å²) in [5.41, 5.74) is 2.22. The van der Waals surface area contributed by atoms with Gasteiger partial charge in [0.25, 0.3) is 0 Å². The summed E-state index contributed by atoms with van der Waals surface area (Å²) in [5, 5.41) is 35.6. The molecular formula is C13H13BN2O3. The van der Waals surface area contributed by atoms with Crippen molar-refractivity contribution in [3.05, 3.63) is 48.0 Å². The second-order valence-corrected chi connectivity index (χ2v) is 4.14. The molecule has 0 aliphatic heterocycles. The average molecular weight is 256 g/mol. The lowest BCUT2D eigenvalue weighted by Gasteiger charge is -2.00. The number of azo groups is 1. The smallest absolute Gasteiger partial charge is 0.488 e. The molecule has 0 aliphatic rings. The molecule has 2 rings (SSSR count). The molecule has 0 amide bonds. The molecule has 6 heteroatoms. The van der Waals surface area contributed by atoms with Crippen molar-refractivity contribution in [2.45, 2.75) is 6.92 Å². The van der Waals surface area contributed by atoms with Gasteiger partial charge in [0.05, 0.1) is 11.4 Å². The van der Waals surface area contributed by atoms with E-state index in [4.69, 9.17) is 10.0 Å². The molecule has 2 aromatic carbocycles. The van der Waals surface area contributed by atoms with Gasteiger partial charge in [-0.05, 0) is 48.3 Å². The highest BCUT2D eigenvalue weighted by atomic mass is 16.4. The van der Waals surface area contributed by atoms with Crippen LogP contribution < -0.4 is 5.46 Å². The minimum Gasteiger partial charge on any atom is -0.508 e. The Bertz CT molecular complexity index is 615. The predicted molar refractivity (Wildman–Crippen MR) is 73.3 cm³/mol. The molecule has 0 atom stereocenters. The molecular weight excluding hydrogens is 243 g/mol. The Morgan fingerprint density at radius 2 is 1.63 bits per heavy atom. The molecule has 0 aliphatic carbocycles. The topological polar surface area (TPSA) is 85.4 Å². The van der Waals surface area contributed by atoms with Gasteiger partial charge in [-0.15, -0.1) is 0 Å². The van der Waals surface area contributed by atoms with Gasteiger partial charge in [0, 0.05) is 0 Å². The quantitative estimate of drug-likeness (QED) is 0.578. The van der Waals surface area contributed by atoms with E-state index in [9.17, 15) is 5.11 Å². The zero-order chi connectivity index (χ0) is 13.8. The lowest BCUT2D eigenvalue weighted by molar-refractivity contribution is 0.426. The fourth-order valence-electron chi connectivity index (χ4n) is 1.56. The number of benzene rings is 2. The van der Waals surface area contributed by atoms with Gasteiger partial charge >= 0.3 is 7.12 Å². The molecule has 2 aromatic rings. The Balaban J connectivity index is 2.22. The zero-order valence-corrected chi connectivity index (χ0v) is 10.4. The van der Waals surface area contributed by atoms with Crippen molar-refractivity contribution < 1.29 is 15.2 Å². The standard InChI is InChI=1S/C13H13BN2O3/c1-9-7-12(5-6-13(9)17)16-15-11-4-2-3-10(8-11)14(18)19/h2-8,17-19H,1H3. The molecule has 3 N–H and O–H groups in total. The highest BCUT2D eigenvalue weighted by molar-refractivity contribution is 6.58. The second-order valence-electron chi connectivity index (χ2n) is 4.14. The fourth-order valence-corrected chi connectivity index (χ4v) is 1.56. The van der Waals surface area contributed by atoms with Crippen molar-refractivity contribution in [3.63, 3.8) is 0 Å². The Labute approximate surface area is 111 Å². The summed E-state index contributed by atoms with van der Waals surface area (Å²) in [6.45, 7) is 1.77. The van der Waals surface area contributed by atoms with Gasteiger partial charge in [-0.25, -0.2) is 0 Å². The normalized spacial score (nSPS) is 10.9. The molecule has 0 bridgehead atoms. The molecule has 0 fully saturated rings. The minimum atomic E-state index is -1.52. The summed E-state index contributed by atoms with van der Waals surface area (Å²) in [5.74, 6) is 0.212. The maximum atomic E-state index is 9.40. The monoisotopic (exact) mass is 256 g/mol. The fraction of sp³-hybridized carbons (Fsp3) is 0.0769. The molecule has 0 saturated heterocycles. The summed E-state index contributed by atoms with van der Waals surface area (Å²) in [6.07, 6.45) is 0. The van der Waals surface area contributed by atoms with E-state index in [1.807, 2.05) is 0 Å². The van der Waals surface area contributed by atoms with Crippen LogP contribution in [-0.4, -0.2) is 22.3 Å². The summed E-state index contributed by atoms with van der Waals surface area (Å²) in [7, 11) is -1.52. The first-order chi connectivity index (χ1) is 9.06. The van der Waals surface area contributed by atoms with E-state index in [0.717, 1.165) is 5.56 Å². The van der Waals surface area contributed by atoms with Gasteiger partial charge in [0.15, 0.2) is 0 Å². The van der Waals surface area contributed by atoms with E-state index in [2.05, 4.69) is 10.2 Å². The van der Waals surface area contributed by atoms with E-state index in [-0.39, 0.29) is 5.75 Å². The summed E-state index contributed by atoms with van der Waals surface area (Å²) in [6, 6.07) is 11.4. The highest BCUT2D eigenvalue weighted by Gasteiger charge is 2.10. The van der Waals surface area contributed by atoms with E-state index >= 15 is 0 Å². The zero-order valence-electron chi connectivity index (χ0n) is 10.4. The molecule has 0 heterocycles. The van der Waals surface area contributed by atoms with Gasteiger partial charge in [0.1, 0.15) is 5.75 Å². The van der Waals surface area contributed by atoms with Crippen LogP contribution in [0, 0.1) is 6.92 Å². The number of hydrogen-bond donors (Lipinski definition) is 3. The third-order valence-electron chi connectivity index (χ3n) is 2.63. The van der Waals surface area contributed by atoms with E-state index in [1.54, 1.807) is 49.4 Å². The van der Waals surface area contributed by atoms with Gasteiger partial charge in [-0.2, -0.15) is 10.2 Å². The average Bonchev–Trinajstić information content (AvgIpc) is 2.40. The van der Waals surface area contributed by atoms with E-state index in [1.165, 1.54) is 0 Å². The number of phenols is 1. The van der Waals surface area contributed by atoms with E-state index in [0.29, 0.717) is 16.8 Å². The number of aryl methyl sites for hydroxylation is 1. The maximum absolute atomic E-state index is 9.40. The third kappa shape index (κ3) is 3.40. The summed E-state index contributed by atoms with van der Waals surface area (Å²) < 4.78 is 0. The van der Waals surface area contributed by atoms with Gasteiger partial charge in [-0.3, -0.25) is 0 Å². The number of nitrogens with zero attached hydrogens (tertiary/aromatic N) is 2. The first-order valence-electron chi connectivity index (χ1n) is 5.74. The van der Waals surface area contributed by atoms with Crippen LogP contribution in [0.4, 0.5) is 11.4 Å². The third-order valence-corrected chi connectivity index (χ3v) is 2.63. The van der Waals surface area contributed by atoms with Crippen molar-refractivity contribution in [1.82, 2.24) is 0 Å². The molecule has 19 heavy (non-hydrogen) atoms. The summed E-state index contributed by atoms with van der Waals surface area (Å²) >= 11 is 0. The minimum absolute atomic E-state index is 0.212. The Hall–Kier alpha value is -2.18. The number of hydrogen-bond acceptors (Lipinski definition) is 5. The first-order valence-corrected chi connectivity index (χ1v) is 5.74. The molecule has 0 saturated carbocycles. The Morgan fingerprint density at radius 3 is 2.26 bits per heavy atom. The van der Waals surface area contributed by atoms with Crippen LogP contribution in [0.5, 0.6) is 5.75 Å². The van der Waals surface area contributed by atoms with Crippen molar-refractivity contribution in [1.29, 1.82) is 0 Å².